The highest BCUT2D eigenvalue weighted by atomic mass is 35.5. The van der Waals surface area contributed by atoms with Gasteiger partial charge in [0.1, 0.15) is 17.6 Å². The molecule has 2 N–H and O–H groups in total. The number of hydrogen-bond acceptors (Lipinski definition) is 8. The zero-order chi connectivity index (χ0) is 32.5. The molecular formula is C35H30Cl2FN9. The van der Waals surface area contributed by atoms with Gasteiger partial charge in [0.25, 0.3) is 0 Å². The number of piperidine rings is 1. The van der Waals surface area contributed by atoms with Crippen LogP contribution in [-0.4, -0.2) is 49.5 Å². The number of nitriles is 1. The quantitative estimate of drug-likeness (QED) is 0.167. The number of rotatable bonds is 8. The number of benzene rings is 3. The molecule has 12 heteroatoms. The van der Waals surface area contributed by atoms with E-state index in [4.69, 9.17) is 23.2 Å². The first-order chi connectivity index (χ1) is 22.9. The molecule has 0 bridgehead atoms. The van der Waals surface area contributed by atoms with E-state index in [-0.39, 0.29) is 11.1 Å². The molecule has 47 heavy (non-hydrogen) atoms. The number of aromatic nitrogens is 5. The van der Waals surface area contributed by atoms with Crippen LogP contribution in [0.15, 0.2) is 79.3 Å². The molecule has 1 atom stereocenters. The van der Waals surface area contributed by atoms with Crippen molar-refractivity contribution in [3.63, 3.8) is 0 Å². The molecule has 3 aromatic heterocycles. The Morgan fingerprint density at radius 2 is 1.85 bits per heavy atom. The molecule has 0 radical (unpaired) electrons. The molecule has 4 heterocycles. The first kappa shape index (κ1) is 30.8. The second-order valence-electron chi connectivity index (χ2n) is 11.6. The van der Waals surface area contributed by atoms with E-state index in [0.29, 0.717) is 38.6 Å². The molecule has 7 rings (SSSR count). The third-order valence-electron chi connectivity index (χ3n) is 8.71. The summed E-state index contributed by atoms with van der Waals surface area (Å²) in [7, 11) is 0. The lowest BCUT2D eigenvalue weighted by atomic mass is 10.0. The maximum absolute atomic E-state index is 13.9. The average molecular weight is 667 g/mol. The van der Waals surface area contributed by atoms with Crippen molar-refractivity contribution in [3.05, 3.63) is 112 Å². The Morgan fingerprint density at radius 3 is 2.64 bits per heavy atom. The molecule has 1 aliphatic rings. The highest BCUT2D eigenvalue weighted by molar-refractivity contribution is 6.36. The molecule has 0 amide bonds. The van der Waals surface area contributed by atoms with Crippen LogP contribution in [0.5, 0.6) is 0 Å². The maximum Gasteiger partial charge on any atom is 0.141 e. The van der Waals surface area contributed by atoms with E-state index < -0.39 is 11.9 Å². The summed E-state index contributed by atoms with van der Waals surface area (Å²) in [5.41, 5.74) is 5.01. The first-order valence-corrected chi connectivity index (χ1v) is 16.2. The van der Waals surface area contributed by atoms with Crippen molar-refractivity contribution in [1.82, 2.24) is 29.9 Å². The normalized spacial score (nSPS) is 14.7. The second kappa shape index (κ2) is 13.1. The van der Waals surface area contributed by atoms with E-state index in [2.05, 4.69) is 60.9 Å². The van der Waals surface area contributed by atoms with Crippen LogP contribution in [0, 0.1) is 17.1 Å². The molecule has 0 aliphatic carbocycles. The maximum atomic E-state index is 13.9. The molecular weight excluding hydrogens is 636 g/mol. The van der Waals surface area contributed by atoms with Crippen LogP contribution in [0.25, 0.3) is 21.8 Å². The Kier molecular flexibility index (Phi) is 8.60. The highest BCUT2D eigenvalue weighted by Crippen LogP contribution is 2.37. The molecule has 1 fully saturated rings. The lowest BCUT2D eigenvalue weighted by Gasteiger charge is -2.30. The third kappa shape index (κ3) is 6.30. The predicted molar refractivity (Wildman–Crippen MR) is 184 cm³/mol. The van der Waals surface area contributed by atoms with Gasteiger partial charge in [0.2, 0.25) is 0 Å². The second-order valence-corrected chi connectivity index (χ2v) is 12.4. The summed E-state index contributed by atoms with van der Waals surface area (Å²) >= 11 is 12.9. The highest BCUT2D eigenvalue weighted by Gasteiger charge is 2.25. The molecule has 1 aliphatic heterocycles. The van der Waals surface area contributed by atoms with Crippen molar-refractivity contribution in [2.24, 2.45) is 0 Å². The number of likely N-dealkylation sites (tertiary alicyclic amines) is 1. The van der Waals surface area contributed by atoms with Crippen molar-refractivity contribution in [1.29, 1.82) is 5.26 Å². The zero-order valence-corrected chi connectivity index (χ0v) is 27.0. The summed E-state index contributed by atoms with van der Waals surface area (Å²) in [5.74, 6) is -0.537. The number of anilines is 3. The van der Waals surface area contributed by atoms with E-state index >= 15 is 0 Å². The number of nitrogens with zero attached hydrogens (tertiary/aromatic N) is 7. The number of pyridine rings is 2. The Balaban J connectivity index is 1.30. The smallest absolute Gasteiger partial charge is 0.141 e. The Morgan fingerprint density at radius 1 is 1.02 bits per heavy atom. The van der Waals surface area contributed by atoms with E-state index in [1.165, 1.54) is 18.3 Å². The Hall–Kier alpha value is -4.82. The van der Waals surface area contributed by atoms with Crippen molar-refractivity contribution in [2.45, 2.75) is 31.8 Å². The van der Waals surface area contributed by atoms with Gasteiger partial charge in [-0.3, -0.25) is 9.97 Å². The van der Waals surface area contributed by atoms with Crippen LogP contribution in [0.1, 0.15) is 48.7 Å². The van der Waals surface area contributed by atoms with Gasteiger partial charge in [0, 0.05) is 47.6 Å². The predicted octanol–water partition coefficient (Wildman–Crippen LogP) is 8.29. The van der Waals surface area contributed by atoms with Crippen LogP contribution >= 0.6 is 23.2 Å². The molecule has 0 saturated carbocycles. The first-order valence-electron chi connectivity index (χ1n) is 15.4. The van der Waals surface area contributed by atoms with Crippen LogP contribution in [0.3, 0.4) is 0 Å². The fourth-order valence-electron chi connectivity index (χ4n) is 6.14. The monoisotopic (exact) mass is 665 g/mol. The fraction of sp³-hybridized carbons (Fsp3) is 0.229. The van der Waals surface area contributed by atoms with Gasteiger partial charge in [-0.25, -0.2) is 9.07 Å². The lowest BCUT2D eigenvalue weighted by Crippen LogP contribution is -2.34. The standard InChI is InChI=1S/C35H30Cl2FN9/c1-2-46-12-9-26(10-13-46)47-20-32(44-45-47)34(22-6-5-21-4-3-11-40-31(21)14-22)43-25-15-27-33(42-24-7-8-30(38)28(36)16-24)23(18-39)19-41-35(27)29(37)17-25/h3-8,11,14-17,19-20,26,34,43H,2,9-10,12-13H2,1H3,(H,41,42). The SMILES string of the molecule is CCN1CCC(n2cc(C(Nc3cc(Cl)c4ncc(C#N)c(Nc5ccc(F)c(Cl)c5)c4c3)c3ccc4cccnc4c3)nn2)CC1. The van der Waals surface area contributed by atoms with Gasteiger partial charge in [-0.05, 0) is 67.4 Å². The van der Waals surface area contributed by atoms with E-state index in [0.717, 1.165) is 54.6 Å². The van der Waals surface area contributed by atoms with Crippen molar-refractivity contribution < 1.29 is 4.39 Å². The summed E-state index contributed by atoms with van der Waals surface area (Å²) in [5, 5.41) is 28.1. The largest absolute Gasteiger partial charge is 0.373 e. The van der Waals surface area contributed by atoms with Crippen molar-refractivity contribution in [3.8, 4) is 6.07 Å². The average Bonchev–Trinajstić information content (AvgIpc) is 3.59. The van der Waals surface area contributed by atoms with Crippen LogP contribution in [0.4, 0.5) is 21.5 Å². The van der Waals surface area contributed by atoms with Gasteiger partial charge in [-0.1, -0.05) is 53.5 Å². The summed E-state index contributed by atoms with van der Waals surface area (Å²) in [4.78, 5) is 11.5. The number of halogens is 3. The molecule has 3 aromatic carbocycles. The molecule has 1 saturated heterocycles. The molecule has 236 valence electrons. The number of nitrogens with one attached hydrogen (secondary N) is 2. The van der Waals surface area contributed by atoms with E-state index in [1.807, 2.05) is 35.1 Å². The molecule has 9 nitrogen and oxygen atoms in total. The van der Waals surface area contributed by atoms with Crippen molar-refractivity contribution in [2.75, 3.05) is 30.3 Å². The summed E-state index contributed by atoms with van der Waals surface area (Å²) < 4.78 is 15.9. The summed E-state index contributed by atoms with van der Waals surface area (Å²) in [6, 6.07) is 20.1. The van der Waals surface area contributed by atoms with Crippen molar-refractivity contribution >= 4 is 62.1 Å². The molecule has 6 aromatic rings. The minimum absolute atomic E-state index is 0.0380. The Bertz CT molecular complexity index is 2140. The van der Waals surface area contributed by atoms with Gasteiger partial charge >= 0.3 is 0 Å². The van der Waals surface area contributed by atoms with Gasteiger partial charge in [0.05, 0.1) is 50.6 Å². The molecule has 1 unspecified atom stereocenters. The van der Waals surface area contributed by atoms with E-state index in [9.17, 15) is 9.65 Å². The summed E-state index contributed by atoms with van der Waals surface area (Å²) in [6.07, 6.45) is 7.29. The van der Waals surface area contributed by atoms with Gasteiger partial charge in [-0.2, -0.15) is 5.26 Å². The van der Waals surface area contributed by atoms with Gasteiger partial charge < -0.3 is 15.5 Å². The minimum atomic E-state index is -0.537. The molecule has 0 spiro atoms. The van der Waals surface area contributed by atoms with Gasteiger partial charge in [-0.15, -0.1) is 5.10 Å². The number of hydrogen-bond donors (Lipinski definition) is 2. The topological polar surface area (TPSA) is 108 Å². The fourth-order valence-corrected chi connectivity index (χ4v) is 6.59. The minimum Gasteiger partial charge on any atom is -0.373 e. The Labute approximate surface area is 281 Å². The summed E-state index contributed by atoms with van der Waals surface area (Å²) in [6.45, 7) is 5.30. The zero-order valence-electron chi connectivity index (χ0n) is 25.5. The lowest BCUT2D eigenvalue weighted by molar-refractivity contribution is 0.186. The third-order valence-corrected chi connectivity index (χ3v) is 9.29. The van der Waals surface area contributed by atoms with E-state index in [1.54, 1.807) is 18.3 Å². The van der Waals surface area contributed by atoms with Crippen LogP contribution in [0.2, 0.25) is 10.0 Å². The number of fused-ring (bicyclic) bond motifs is 2. The van der Waals surface area contributed by atoms with Gasteiger partial charge in [0.15, 0.2) is 0 Å². The van der Waals surface area contributed by atoms with Crippen LogP contribution in [-0.2, 0) is 0 Å². The van der Waals surface area contributed by atoms with Crippen LogP contribution < -0.4 is 10.6 Å².